The van der Waals surface area contributed by atoms with Gasteiger partial charge in [0.25, 0.3) is 0 Å². The Labute approximate surface area is 352 Å². The van der Waals surface area contributed by atoms with Gasteiger partial charge in [0, 0.05) is 108 Å². The van der Waals surface area contributed by atoms with E-state index in [2.05, 4.69) is 29.7 Å². The van der Waals surface area contributed by atoms with Crippen LogP contribution in [0.5, 0.6) is 23.1 Å². The second-order valence-corrected chi connectivity index (χ2v) is 16.0. The maximum absolute atomic E-state index is 15.7. The van der Waals surface area contributed by atoms with Crippen LogP contribution in [-0.2, 0) is 9.59 Å². The van der Waals surface area contributed by atoms with Crippen molar-refractivity contribution in [2.24, 2.45) is 0 Å². The minimum absolute atomic E-state index is 0.0160. The van der Waals surface area contributed by atoms with Gasteiger partial charge < -0.3 is 41.9 Å². The second kappa shape index (κ2) is 16.9. The van der Waals surface area contributed by atoms with Gasteiger partial charge in [-0.15, -0.1) is 0 Å². The third-order valence-corrected chi connectivity index (χ3v) is 11.9. The standard InChI is InChI=1S/C45H48BF2N9O4/c1-32-27-33(2)56-41(32)28-35-11-10-34(57(35)46(56,47)48)12-17-42(58)49-19-22-53-25-23-52(24-26-53)20-6-9-43(59)54-29-36(30-54)55-21-18-40-44(55)45(51-31-50-40)61-39-15-13-38(14-16-39)60-37-7-4-3-5-8-37/h3-11,13-16,18,21,27-28,31,36H,12,17,19-20,22-26,29-30H2,1-2H3,(H,49,58). The summed E-state index contributed by atoms with van der Waals surface area (Å²) in [5, 5.41) is 2.97. The first-order valence-electron chi connectivity index (χ1n) is 20.9. The number of aromatic nitrogens is 4. The van der Waals surface area contributed by atoms with Crippen LogP contribution in [0.3, 0.4) is 0 Å². The first kappa shape index (κ1) is 40.0. The van der Waals surface area contributed by atoms with E-state index in [-0.39, 0.29) is 30.7 Å². The lowest BCUT2D eigenvalue weighted by Crippen LogP contribution is -2.50. The molecule has 0 bridgehead atoms. The molecule has 0 aliphatic carbocycles. The Morgan fingerprint density at radius 2 is 1.64 bits per heavy atom. The molecule has 0 radical (unpaired) electrons. The van der Waals surface area contributed by atoms with Crippen molar-refractivity contribution in [1.82, 2.24) is 39.0 Å². The van der Waals surface area contributed by atoms with Crippen molar-refractivity contribution in [2.45, 2.75) is 32.7 Å². The van der Waals surface area contributed by atoms with Crippen molar-refractivity contribution >= 4 is 41.6 Å². The summed E-state index contributed by atoms with van der Waals surface area (Å²) in [6.45, 7) is 5.95. The molecule has 0 spiro atoms. The van der Waals surface area contributed by atoms with E-state index in [4.69, 9.17) is 9.47 Å². The Kier molecular flexibility index (Phi) is 11.1. The van der Waals surface area contributed by atoms with Crippen molar-refractivity contribution < 1.29 is 32.2 Å². The molecule has 0 unspecified atom stereocenters. The Morgan fingerprint density at radius 3 is 2.41 bits per heavy atom. The molecule has 4 aliphatic heterocycles. The van der Waals surface area contributed by atoms with Gasteiger partial charge in [-0.2, -0.15) is 4.98 Å². The summed E-state index contributed by atoms with van der Waals surface area (Å²) in [5.41, 5.74) is 4.36. The minimum atomic E-state index is -4.04. The van der Waals surface area contributed by atoms with Crippen LogP contribution < -0.4 is 14.8 Å². The number of carbonyl (C=O) groups excluding carboxylic acids is 2. The number of aryl methyl sites for hydroxylation is 2. The average Bonchev–Trinajstić information content (AvgIpc) is 3.94. The van der Waals surface area contributed by atoms with Gasteiger partial charge in [0.1, 0.15) is 34.8 Å². The van der Waals surface area contributed by atoms with E-state index in [1.54, 1.807) is 37.3 Å². The number of benzene rings is 2. The van der Waals surface area contributed by atoms with Crippen LogP contribution in [0.15, 0.2) is 109 Å². The van der Waals surface area contributed by atoms with Crippen LogP contribution in [0, 0.1) is 13.8 Å². The number of ether oxygens (including phenoxy) is 2. The highest BCUT2D eigenvalue weighted by Crippen LogP contribution is 2.36. The molecule has 0 atom stereocenters. The van der Waals surface area contributed by atoms with Crippen molar-refractivity contribution in [3.63, 3.8) is 0 Å². The van der Waals surface area contributed by atoms with E-state index in [0.29, 0.717) is 72.9 Å². The van der Waals surface area contributed by atoms with Crippen LogP contribution in [0.4, 0.5) is 8.63 Å². The van der Waals surface area contributed by atoms with Crippen LogP contribution >= 0.6 is 0 Å². The molecular formula is C45H48BF2N9O4. The Hall–Kier alpha value is -6.39. The number of fused-ring (bicyclic) bond motifs is 3. The summed E-state index contributed by atoms with van der Waals surface area (Å²) in [7, 11) is 0. The second-order valence-electron chi connectivity index (χ2n) is 16.0. The lowest BCUT2D eigenvalue weighted by molar-refractivity contribution is -0.362. The van der Waals surface area contributed by atoms with Crippen LogP contribution in [0.1, 0.15) is 35.8 Å². The number of rotatable bonds is 14. The highest BCUT2D eigenvalue weighted by molar-refractivity contribution is 6.58. The Balaban J connectivity index is 0.685. The molecule has 314 valence electrons. The normalized spacial score (nSPS) is 17.7. The first-order valence-corrected chi connectivity index (χ1v) is 20.9. The van der Waals surface area contributed by atoms with Crippen molar-refractivity contribution in [2.75, 3.05) is 58.9 Å². The minimum Gasteiger partial charge on any atom is -0.457 e. The van der Waals surface area contributed by atoms with Gasteiger partial charge in [0.05, 0.1) is 11.6 Å². The van der Waals surface area contributed by atoms with Gasteiger partial charge >= 0.3 is 6.97 Å². The van der Waals surface area contributed by atoms with Crippen LogP contribution in [0.25, 0.3) is 17.1 Å². The molecule has 16 heteroatoms. The first-order chi connectivity index (χ1) is 29.6. The van der Waals surface area contributed by atoms with Crippen molar-refractivity contribution in [3.8, 4) is 23.1 Å². The number of para-hydroxylation sites is 1. The van der Waals surface area contributed by atoms with Gasteiger partial charge in [-0.05, 0) is 73.6 Å². The highest BCUT2D eigenvalue weighted by atomic mass is 19.2. The molecule has 4 aliphatic rings. The molecule has 13 nitrogen and oxygen atoms in total. The Morgan fingerprint density at radius 1 is 0.918 bits per heavy atom. The fourth-order valence-corrected chi connectivity index (χ4v) is 8.65. The lowest BCUT2D eigenvalue weighted by atomic mass is 9.90. The highest BCUT2D eigenvalue weighted by Gasteiger charge is 2.52. The molecule has 2 saturated heterocycles. The van der Waals surface area contributed by atoms with E-state index < -0.39 is 6.97 Å². The van der Waals surface area contributed by atoms with Gasteiger partial charge in [0.15, 0.2) is 5.70 Å². The van der Waals surface area contributed by atoms with Gasteiger partial charge in [0.2, 0.25) is 17.7 Å². The zero-order valence-corrected chi connectivity index (χ0v) is 34.3. The number of hydrogen-bond donors (Lipinski definition) is 1. The fourth-order valence-electron chi connectivity index (χ4n) is 8.65. The van der Waals surface area contributed by atoms with E-state index in [0.717, 1.165) is 57.5 Å². The zero-order valence-electron chi connectivity index (χ0n) is 34.3. The quantitative estimate of drug-likeness (QED) is 0.104. The average molecular weight is 828 g/mol. The molecule has 9 rings (SSSR count). The van der Waals surface area contributed by atoms with E-state index >= 15 is 8.63 Å². The number of carbonyl (C=O) groups is 2. The number of likely N-dealkylation sites (tertiary alicyclic amines) is 1. The molecule has 1 N–H and O–H groups in total. The largest absolute Gasteiger partial charge is 0.737 e. The van der Waals surface area contributed by atoms with Crippen molar-refractivity contribution in [1.29, 1.82) is 0 Å². The topological polar surface area (TPSA) is 113 Å². The maximum Gasteiger partial charge on any atom is 0.737 e. The van der Waals surface area contributed by atoms with E-state index in [1.165, 1.54) is 6.33 Å². The number of nitrogens with one attached hydrogen (secondary N) is 1. The molecule has 7 heterocycles. The van der Waals surface area contributed by atoms with Crippen molar-refractivity contribution in [3.05, 3.63) is 126 Å². The number of piperazine rings is 1. The SMILES string of the molecule is Cc1cc(C)n2c1C=C1C=CC(CCC(=O)NCCN3CCN(CC=CC(=O)N4CC(n5ccc6ncnc(Oc7ccc(Oc8ccccc8)cc7)c65)C4)CC3)=[N+]1[B-]2(F)F. The summed E-state index contributed by atoms with van der Waals surface area (Å²) < 4.78 is 47.9. The number of hydrogen-bond acceptors (Lipinski definition) is 8. The molecule has 2 aromatic carbocycles. The summed E-state index contributed by atoms with van der Waals surface area (Å²) in [6.07, 6.45) is 12.6. The predicted molar refractivity (Wildman–Crippen MR) is 230 cm³/mol. The third-order valence-electron chi connectivity index (χ3n) is 11.9. The summed E-state index contributed by atoms with van der Waals surface area (Å²) in [5.74, 6) is 2.35. The van der Waals surface area contributed by atoms with Gasteiger partial charge in [-0.25, -0.2) is 4.98 Å². The summed E-state index contributed by atoms with van der Waals surface area (Å²) in [6, 6.07) is 20.8. The number of amides is 2. The molecular weight excluding hydrogens is 779 g/mol. The molecule has 2 fully saturated rings. The number of allylic oxidation sites excluding steroid dienone is 2. The van der Waals surface area contributed by atoms with Gasteiger partial charge in [-0.1, -0.05) is 24.3 Å². The molecule has 0 saturated carbocycles. The third kappa shape index (κ3) is 8.37. The number of halogens is 2. The maximum atomic E-state index is 15.7. The lowest BCUT2D eigenvalue weighted by Gasteiger charge is -2.40. The van der Waals surface area contributed by atoms with Gasteiger partial charge in [-0.3, -0.25) is 19.4 Å². The molecule has 3 aromatic heterocycles. The molecule has 61 heavy (non-hydrogen) atoms. The monoisotopic (exact) mass is 827 g/mol. The number of nitrogens with zero attached hydrogens (tertiary/aromatic N) is 8. The molecule has 5 aromatic rings. The van der Waals surface area contributed by atoms with Crippen LogP contribution in [-0.4, -0.2) is 122 Å². The fraction of sp³-hybridized carbons (Fsp3) is 0.311. The van der Waals surface area contributed by atoms with E-state index in [1.807, 2.05) is 84.8 Å². The predicted octanol–water partition coefficient (Wildman–Crippen LogP) is 6.19. The Bertz CT molecular complexity index is 2570. The van der Waals surface area contributed by atoms with Crippen LogP contribution in [0.2, 0.25) is 0 Å². The molecule has 2 amide bonds. The zero-order chi connectivity index (χ0) is 42.1. The van der Waals surface area contributed by atoms with E-state index in [9.17, 15) is 9.59 Å². The summed E-state index contributed by atoms with van der Waals surface area (Å²) in [4.78, 5) is 41.1. The smallest absolute Gasteiger partial charge is 0.457 e. The summed E-state index contributed by atoms with van der Waals surface area (Å²) >= 11 is 0.